The van der Waals surface area contributed by atoms with Gasteiger partial charge in [-0.25, -0.2) is 0 Å². The van der Waals surface area contributed by atoms with E-state index >= 15 is 0 Å². The molecule has 2 bridgehead atoms. The Morgan fingerprint density at radius 1 is 1.00 bits per heavy atom. The summed E-state index contributed by atoms with van der Waals surface area (Å²) in [5.41, 5.74) is 0. The topological polar surface area (TPSA) is 26.8 Å². The summed E-state index contributed by atoms with van der Waals surface area (Å²) in [6.45, 7) is 9.05. The first kappa shape index (κ1) is 13.1. The molecule has 5 rings (SSSR count). The second-order valence-corrected chi connectivity index (χ2v) is 7.38. The highest BCUT2D eigenvalue weighted by molar-refractivity contribution is 5.80. The maximum Gasteiger partial charge on any atom is 0.227 e. The third kappa shape index (κ3) is 2.08. The van der Waals surface area contributed by atoms with Crippen molar-refractivity contribution in [1.82, 2.24) is 14.7 Å². The third-order valence-corrected chi connectivity index (χ3v) is 6.19. The molecule has 5 saturated heterocycles. The first-order valence-corrected chi connectivity index (χ1v) is 8.49. The Bertz CT molecular complexity index is 391. The summed E-state index contributed by atoms with van der Waals surface area (Å²) in [5, 5.41) is 0. The second kappa shape index (κ2) is 4.99. The number of carbonyl (C=O) groups excluding carboxylic acids is 1. The predicted octanol–water partition coefficient (Wildman–Crippen LogP) is 1.02. The van der Waals surface area contributed by atoms with Crippen molar-refractivity contribution < 1.29 is 4.79 Å². The van der Waals surface area contributed by atoms with E-state index in [0.29, 0.717) is 29.8 Å². The molecule has 112 valence electrons. The molecule has 4 heteroatoms. The molecule has 5 aliphatic rings. The SMILES string of the molecule is C[C@@H]1CN2CCC[C@H]2CN1C(=O)[C@H]1CN2CCC1CC2. The van der Waals surface area contributed by atoms with E-state index in [1.807, 2.05) is 0 Å². The van der Waals surface area contributed by atoms with Gasteiger partial charge < -0.3 is 9.80 Å². The monoisotopic (exact) mass is 277 g/mol. The number of piperidine rings is 3. The van der Waals surface area contributed by atoms with Crippen LogP contribution in [-0.4, -0.2) is 72.0 Å². The van der Waals surface area contributed by atoms with Gasteiger partial charge in [-0.05, 0) is 58.2 Å². The fourth-order valence-electron chi connectivity index (χ4n) is 4.95. The summed E-state index contributed by atoms with van der Waals surface area (Å²) in [7, 11) is 0. The highest BCUT2D eigenvalue weighted by Gasteiger charge is 2.43. The molecular weight excluding hydrogens is 250 g/mol. The van der Waals surface area contributed by atoms with Crippen LogP contribution >= 0.6 is 0 Å². The summed E-state index contributed by atoms with van der Waals surface area (Å²) in [4.78, 5) is 20.4. The van der Waals surface area contributed by atoms with Gasteiger partial charge in [-0.1, -0.05) is 0 Å². The van der Waals surface area contributed by atoms with Crippen LogP contribution in [0, 0.1) is 11.8 Å². The van der Waals surface area contributed by atoms with Gasteiger partial charge in [-0.3, -0.25) is 9.69 Å². The van der Waals surface area contributed by atoms with Crippen LogP contribution in [0.4, 0.5) is 0 Å². The van der Waals surface area contributed by atoms with E-state index in [2.05, 4.69) is 21.6 Å². The quantitative estimate of drug-likeness (QED) is 0.716. The highest BCUT2D eigenvalue weighted by Crippen LogP contribution is 2.35. The lowest BCUT2D eigenvalue weighted by Gasteiger charge is -2.48. The van der Waals surface area contributed by atoms with E-state index in [9.17, 15) is 4.79 Å². The van der Waals surface area contributed by atoms with Crippen molar-refractivity contribution in [3.8, 4) is 0 Å². The van der Waals surface area contributed by atoms with Crippen LogP contribution in [-0.2, 0) is 4.79 Å². The van der Waals surface area contributed by atoms with Crippen LogP contribution in [0.15, 0.2) is 0 Å². The zero-order chi connectivity index (χ0) is 13.7. The average molecular weight is 277 g/mol. The largest absolute Gasteiger partial charge is 0.337 e. The molecule has 5 fully saturated rings. The lowest BCUT2D eigenvalue weighted by atomic mass is 9.78. The van der Waals surface area contributed by atoms with Gasteiger partial charge in [0.15, 0.2) is 0 Å². The van der Waals surface area contributed by atoms with Crippen molar-refractivity contribution in [1.29, 1.82) is 0 Å². The fourth-order valence-corrected chi connectivity index (χ4v) is 4.95. The number of hydrogen-bond donors (Lipinski definition) is 0. The molecule has 0 aromatic carbocycles. The number of rotatable bonds is 1. The number of hydrogen-bond acceptors (Lipinski definition) is 3. The Labute approximate surface area is 122 Å². The summed E-state index contributed by atoms with van der Waals surface area (Å²) in [6.07, 6.45) is 5.10. The van der Waals surface area contributed by atoms with Crippen molar-refractivity contribution in [2.45, 2.75) is 44.7 Å². The van der Waals surface area contributed by atoms with Gasteiger partial charge in [0.05, 0.1) is 5.92 Å². The van der Waals surface area contributed by atoms with Crippen molar-refractivity contribution in [3.05, 3.63) is 0 Å². The van der Waals surface area contributed by atoms with Gasteiger partial charge >= 0.3 is 0 Å². The first-order valence-electron chi connectivity index (χ1n) is 8.49. The predicted molar refractivity (Wildman–Crippen MR) is 78.4 cm³/mol. The number of carbonyl (C=O) groups is 1. The van der Waals surface area contributed by atoms with E-state index in [-0.39, 0.29) is 0 Å². The number of amides is 1. The van der Waals surface area contributed by atoms with Crippen molar-refractivity contribution in [3.63, 3.8) is 0 Å². The van der Waals surface area contributed by atoms with E-state index in [0.717, 1.165) is 19.6 Å². The van der Waals surface area contributed by atoms with Crippen molar-refractivity contribution >= 4 is 5.91 Å². The molecule has 5 aliphatic heterocycles. The number of fused-ring (bicyclic) bond motifs is 4. The fraction of sp³-hybridized carbons (Fsp3) is 0.938. The van der Waals surface area contributed by atoms with Crippen LogP contribution in [0.1, 0.15) is 32.6 Å². The highest BCUT2D eigenvalue weighted by atomic mass is 16.2. The van der Waals surface area contributed by atoms with Gasteiger partial charge in [-0.2, -0.15) is 0 Å². The minimum atomic E-state index is 0.299. The molecule has 4 nitrogen and oxygen atoms in total. The van der Waals surface area contributed by atoms with Crippen LogP contribution in [0.2, 0.25) is 0 Å². The zero-order valence-corrected chi connectivity index (χ0v) is 12.6. The Morgan fingerprint density at radius 3 is 2.50 bits per heavy atom. The maximum absolute atomic E-state index is 13.0. The summed E-state index contributed by atoms with van der Waals surface area (Å²) < 4.78 is 0. The molecule has 0 spiro atoms. The molecule has 5 heterocycles. The zero-order valence-electron chi connectivity index (χ0n) is 12.6. The molecular formula is C16H27N3O. The Kier molecular flexibility index (Phi) is 3.26. The molecule has 0 radical (unpaired) electrons. The summed E-state index contributed by atoms with van der Waals surface area (Å²) in [5.74, 6) is 1.44. The molecule has 1 amide bonds. The van der Waals surface area contributed by atoms with E-state index in [1.165, 1.54) is 45.3 Å². The van der Waals surface area contributed by atoms with Crippen molar-refractivity contribution in [2.75, 3.05) is 39.3 Å². The van der Waals surface area contributed by atoms with Crippen molar-refractivity contribution in [2.24, 2.45) is 11.8 Å². The van der Waals surface area contributed by atoms with Crippen LogP contribution in [0.25, 0.3) is 0 Å². The van der Waals surface area contributed by atoms with Gasteiger partial charge in [-0.15, -0.1) is 0 Å². The molecule has 0 aromatic rings. The standard InChI is InChI=1S/C16H27N3O/c1-12-9-18-6-2-3-14(18)10-19(12)16(20)15-11-17-7-4-13(15)5-8-17/h12-15H,2-11H2,1H3/t12-,14+,15+/m1/s1. The smallest absolute Gasteiger partial charge is 0.227 e. The lowest BCUT2D eigenvalue weighted by Crippen LogP contribution is -2.61. The minimum absolute atomic E-state index is 0.299. The normalized spacial score (nSPS) is 44.6. The molecule has 20 heavy (non-hydrogen) atoms. The average Bonchev–Trinajstić information content (AvgIpc) is 2.94. The molecule has 0 unspecified atom stereocenters. The molecule has 0 saturated carbocycles. The summed E-state index contributed by atoms with van der Waals surface area (Å²) >= 11 is 0. The molecule has 0 aromatic heterocycles. The first-order chi connectivity index (χ1) is 9.72. The van der Waals surface area contributed by atoms with E-state index in [4.69, 9.17) is 0 Å². The minimum Gasteiger partial charge on any atom is -0.337 e. The Hall–Kier alpha value is -0.610. The number of nitrogens with zero attached hydrogens (tertiary/aromatic N) is 3. The van der Waals surface area contributed by atoms with Crippen LogP contribution in [0.3, 0.4) is 0 Å². The Morgan fingerprint density at radius 2 is 1.80 bits per heavy atom. The van der Waals surface area contributed by atoms with Crippen LogP contribution < -0.4 is 0 Å². The lowest BCUT2D eigenvalue weighted by molar-refractivity contribution is -0.147. The molecule has 0 N–H and O–H groups in total. The van der Waals surface area contributed by atoms with E-state index in [1.54, 1.807) is 0 Å². The molecule has 0 aliphatic carbocycles. The third-order valence-electron chi connectivity index (χ3n) is 6.19. The van der Waals surface area contributed by atoms with Gasteiger partial charge in [0, 0.05) is 31.7 Å². The number of piperazine rings is 1. The van der Waals surface area contributed by atoms with Crippen LogP contribution in [0.5, 0.6) is 0 Å². The second-order valence-electron chi connectivity index (χ2n) is 7.38. The Balaban J connectivity index is 1.47. The van der Waals surface area contributed by atoms with Gasteiger partial charge in [0.25, 0.3) is 0 Å². The van der Waals surface area contributed by atoms with Gasteiger partial charge in [0.2, 0.25) is 5.91 Å². The van der Waals surface area contributed by atoms with E-state index < -0.39 is 0 Å². The maximum atomic E-state index is 13.0. The molecule has 3 atom stereocenters. The summed E-state index contributed by atoms with van der Waals surface area (Å²) in [6, 6.07) is 1.06. The van der Waals surface area contributed by atoms with Gasteiger partial charge in [0.1, 0.15) is 0 Å².